The van der Waals surface area contributed by atoms with Crippen LogP contribution in [-0.4, -0.2) is 26.8 Å². The van der Waals surface area contributed by atoms with E-state index in [4.69, 9.17) is 16.0 Å². The van der Waals surface area contributed by atoms with Gasteiger partial charge in [0.2, 0.25) is 0 Å². The maximum absolute atomic E-state index is 6.11. The molecular weight excluding hydrogens is 292 g/mol. The summed E-state index contributed by atoms with van der Waals surface area (Å²) in [6.07, 6.45) is 1.52. The van der Waals surface area contributed by atoms with Crippen LogP contribution in [0.15, 0.2) is 39.9 Å². The van der Waals surface area contributed by atoms with Crippen molar-refractivity contribution >= 4 is 23.8 Å². The molecule has 0 fully saturated rings. The predicted octanol–water partition coefficient (Wildman–Crippen LogP) is 2.87. The molecule has 0 atom stereocenters. The third-order valence-corrected chi connectivity index (χ3v) is 3.19. The fourth-order valence-corrected chi connectivity index (χ4v) is 1.87. The highest BCUT2D eigenvalue weighted by atomic mass is 35.5. The van der Waals surface area contributed by atoms with Gasteiger partial charge in [0.05, 0.1) is 6.21 Å². The van der Waals surface area contributed by atoms with Gasteiger partial charge >= 0.3 is 0 Å². The molecule has 106 valence electrons. The summed E-state index contributed by atoms with van der Waals surface area (Å²) in [6, 6.07) is 9.44. The molecule has 2 heterocycles. The van der Waals surface area contributed by atoms with Crippen molar-refractivity contribution in [2.75, 3.05) is 5.43 Å². The summed E-state index contributed by atoms with van der Waals surface area (Å²) in [4.78, 5) is 0. The molecule has 0 spiro atoms. The SMILES string of the molecule is Cc1ccc(-c2ccc(/C=N/Nc3nn[nH]n3)o2)cc1Cl. The second kappa shape index (κ2) is 5.76. The number of benzene rings is 1. The topological polar surface area (TPSA) is 92.0 Å². The molecule has 2 aromatic heterocycles. The molecule has 0 radical (unpaired) electrons. The summed E-state index contributed by atoms with van der Waals surface area (Å²) in [7, 11) is 0. The first-order chi connectivity index (χ1) is 10.2. The first-order valence-corrected chi connectivity index (χ1v) is 6.49. The van der Waals surface area contributed by atoms with Gasteiger partial charge in [-0.1, -0.05) is 28.8 Å². The maximum atomic E-state index is 6.11. The largest absolute Gasteiger partial charge is 0.455 e. The van der Waals surface area contributed by atoms with Gasteiger partial charge in [-0.3, -0.25) is 0 Å². The van der Waals surface area contributed by atoms with Crippen LogP contribution in [0, 0.1) is 6.92 Å². The van der Waals surface area contributed by atoms with E-state index in [2.05, 4.69) is 31.2 Å². The van der Waals surface area contributed by atoms with Crippen LogP contribution >= 0.6 is 11.6 Å². The number of rotatable bonds is 4. The lowest BCUT2D eigenvalue weighted by Crippen LogP contribution is -1.91. The fourth-order valence-electron chi connectivity index (χ4n) is 1.69. The van der Waals surface area contributed by atoms with Gasteiger partial charge in [-0.25, -0.2) is 5.43 Å². The minimum atomic E-state index is 0.281. The number of hydrogen-bond donors (Lipinski definition) is 2. The lowest BCUT2D eigenvalue weighted by Gasteiger charge is -2.00. The molecule has 8 heteroatoms. The van der Waals surface area contributed by atoms with Crippen LogP contribution in [0.4, 0.5) is 5.95 Å². The van der Waals surface area contributed by atoms with Crippen LogP contribution in [0.2, 0.25) is 5.02 Å². The highest BCUT2D eigenvalue weighted by Crippen LogP contribution is 2.26. The molecule has 21 heavy (non-hydrogen) atoms. The first-order valence-electron chi connectivity index (χ1n) is 6.11. The Labute approximate surface area is 125 Å². The van der Waals surface area contributed by atoms with Crippen LogP contribution in [0.25, 0.3) is 11.3 Å². The number of H-pyrrole nitrogens is 1. The highest BCUT2D eigenvalue weighted by Gasteiger charge is 2.05. The first kappa shape index (κ1) is 13.3. The molecule has 0 bridgehead atoms. The Balaban J connectivity index is 1.73. The van der Waals surface area contributed by atoms with E-state index in [0.29, 0.717) is 10.8 Å². The molecule has 0 unspecified atom stereocenters. The highest BCUT2D eigenvalue weighted by molar-refractivity contribution is 6.31. The van der Waals surface area contributed by atoms with Gasteiger partial charge in [-0.15, -0.1) is 5.10 Å². The number of hydrazone groups is 1. The van der Waals surface area contributed by atoms with Gasteiger partial charge in [-0.2, -0.15) is 10.3 Å². The average molecular weight is 303 g/mol. The van der Waals surface area contributed by atoms with Gasteiger partial charge in [-0.05, 0) is 35.9 Å². The summed E-state index contributed by atoms with van der Waals surface area (Å²) in [5, 5.41) is 17.8. The van der Waals surface area contributed by atoms with Gasteiger partial charge in [0.25, 0.3) is 5.95 Å². The monoisotopic (exact) mass is 302 g/mol. The van der Waals surface area contributed by atoms with Crippen molar-refractivity contribution in [1.82, 2.24) is 20.6 Å². The summed E-state index contributed by atoms with van der Waals surface area (Å²) in [5.74, 6) is 1.60. The molecule has 3 aromatic rings. The number of aromatic amines is 1. The molecule has 7 nitrogen and oxygen atoms in total. The number of furan rings is 1. The Morgan fingerprint density at radius 1 is 1.33 bits per heavy atom. The maximum Gasteiger partial charge on any atom is 0.283 e. The van der Waals surface area contributed by atoms with Crippen molar-refractivity contribution in [3.8, 4) is 11.3 Å². The summed E-state index contributed by atoms with van der Waals surface area (Å²) >= 11 is 6.11. The van der Waals surface area contributed by atoms with Crippen molar-refractivity contribution in [1.29, 1.82) is 0 Å². The second-order valence-corrected chi connectivity index (χ2v) is 4.68. The van der Waals surface area contributed by atoms with Crippen LogP contribution in [0.5, 0.6) is 0 Å². The Morgan fingerprint density at radius 3 is 3.00 bits per heavy atom. The molecule has 0 aliphatic carbocycles. The van der Waals surface area contributed by atoms with Crippen LogP contribution in [0.3, 0.4) is 0 Å². The van der Waals surface area contributed by atoms with Crippen molar-refractivity contribution < 1.29 is 4.42 Å². The predicted molar refractivity (Wildman–Crippen MR) is 79.3 cm³/mol. The zero-order valence-corrected chi connectivity index (χ0v) is 11.8. The molecule has 0 aliphatic heterocycles. The van der Waals surface area contributed by atoms with E-state index in [-0.39, 0.29) is 5.95 Å². The minimum absolute atomic E-state index is 0.281. The molecular formula is C13H11ClN6O. The smallest absolute Gasteiger partial charge is 0.283 e. The standard InChI is InChI=1S/C13H11ClN6O/c1-8-2-3-9(6-11(8)14)12-5-4-10(21-12)7-15-16-13-17-19-20-18-13/h2-7H,1H3,(H2,16,17,18,19,20)/b15-7+. The third kappa shape index (κ3) is 3.09. The Hall–Kier alpha value is -2.67. The Kier molecular flexibility index (Phi) is 3.65. The summed E-state index contributed by atoms with van der Waals surface area (Å²) < 4.78 is 5.67. The molecule has 3 rings (SSSR count). The van der Waals surface area contributed by atoms with E-state index in [1.165, 1.54) is 6.21 Å². The third-order valence-electron chi connectivity index (χ3n) is 2.78. The molecule has 0 aliphatic rings. The van der Waals surface area contributed by atoms with Crippen LogP contribution in [0.1, 0.15) is 11.3 Å². The van der Waals surface area contributed by atoms with Crippen LogP contribution < -0.4 is 5.43 Å². The number of nitrogens with zero attached hydrogens (tertiary/aromatic N) is 4. The molecule has 0 amide bonds. The van der Waals surface area contributed by atoms with Crippen molar-refractivity contribution in [2.45, 2.75) is 6.92 Å². The number of aromatic nitrogens is 4. The number of halogens is 1. The van der Waals surface area contributed by atoms with Crippen LogP contribution in [-0.2, 0) is 0 Å². The van der Waals surface area contributed by atoms with Gasteiger partial charge < -0.3 is 4.42 Å². The number of hydrogen-bond acceptors (Lipinski definition) is 6. The van der Waals surface area contributed by atoms with E-state index in [0.717, 1.165) is 16.9 Å². The zero-order chi connectivity index (χ0) is 14.7. The zero-order valence-electron chi connectivity index (χ0n) is 11.0. The van der Waals surface area contributed by atoms with Crippen molar-refractivity contribution in [3.05, 3.63) is 46.7 Å². The number of anilines is 1. The van der Waals surface area contributed by atoms with Crippen molar-refractivity contribution in [3.63, 3.8) is 0 Å². The summed E-state index contributed by atoms with van der Waals surface area (Å²) in [5.41, 5.74) is 4.55. The average Bonchev–Trinajstić information content (AvgIpc) is 3.13. The van der Waals surface area contributed by atoms with E-state index < -0.39 is 0 Å². The molecule has 1 aromatic carbocycles. The van der Waals surface area contributed by atoms with E-state index in [1.807, 2.05) is 37.3 Å². The minimum Gasteiger partial charge on any atom is -0.455 e. The van der Waals surface area contributed by atoms with Gasteiger partial charge in [0, 0.05) is 10.6 Å². The van der Waals surface area contributed by atoms with Crippen molar-refractivity contribution in [2.24, 2.45) is 5.10 Å². The Bertz CT molecular complexity index is 765. The molecule has 0 saturated heterocycles. The molecule has 0 saturated carbocycles. The van der Waals surface area contributed by atoms with E-state index in [1.54, 1.807) is 0 Å². The molecule has 2 N–H and O–H groups in total. The number of nitrogens with one attached hydrogen (secondary N) is 2. The van der Waals surface area contributed by atoms with E-state index in [9.17, 15) is 0 Å². The lowest BCUT2D eigenvalue weighted by molar-refractivity contribution is 0.575. The normalized spacial score (nSPS) is 11.1. The fraction of sp³-hybridized carbons (Fsp3) is 0.0769. The second-order valence-electron chi connectivity index (χ2n) is 4.27. The number of tetrazole rings is 1. The Morgan fingerprint density at radius 2 is 2.24 bits per heavy atom. The quantitative estimate of drug-likeness (QED) is 0.571. The van der Waals surface area contributed by atoms with Gasteiger partial charge in [0.1, 0.15) is 11.5 Å². The lowest BCUT2D eigenvalue weighted by atomic mass is 10.1. The van der Waals surface area contributed by atoms with E-state index >= 15 is 0 Å². The summed E-state index contributed by atoms with van der Waals surface area (Å²) in [6.45, 7) is 1.95. The van der Waals surface area contributed by atoms with Gasteiger partial charge in [0.15, 0.2) is 0 Å². The number of aryl methyl sites for hydroxylation is 1.